The van der Waals surface area contributed by atoms with Gasteiger partial charge in [-0.05, 0) is 43.5 Å². The van der Waals surface area contributed by atoms with E-state index in [1.807, 2.05) is 6.07 Å². The SMILES string of the molecule is COc1cc2ncnc(Nc3cc(Cl)ccc3F)c2cc1OCCCN1C2CCC1COC2. The van der Waals surface area contributed by atoms with Crippen molar-refractivity contribution in [2.45, 2.75) is 31.3 Å². The first kappa shape index (κ1) is 22.1. The molecule has 2 aliphatic rings. The van der Waals surface area contributed by atoms with E-state index in [1.165, 1.54) is 37.4 Å². The van der Waals surface area contributed by atoms with Gasteiger partial charge in [0.1, 0.15) is 18.0 Å². The van der Waals surface area contributed by atoms with E-state index < -0.39 is 5.82 Å². The van der Waals surface area contributed by atoms with E-state index in [4.69, 9.17) is 25.8 Å². The number of rotatable bonds is 8. The fourth-order valence-electron chi connectivity index (χ4n) is 4.66. The van der Waals surface area contributed by atoms with Crippen LogP contribution in [-0.2, 0) is 4.74 Å². The highest BCUT2D eigenvalue weighted by Gasteiger charge is 2.36. The monoisotopic (exact) mass is 472 g/mol. The Balaban J connectivity index is 1.32. The van der Waals surface area contributed by atoms with Gasteiger partial charge in [-0.25, -0.2) is 14.4 Å². The van der Waals surface area contributed by atoms with E-state index in [-0.39, 0.29) is 5.69 Å². The van der Waals surface area contributed by atoms with Gasteiger partial charge in [0.25, 0.3) is 0 Å². The van der Waals surface area contributed by atoms with Crippen LogP contribution in [0.5, 0.6) is 11.5 Å². The zero-order valence-corrected chi connectivity index (χ0v) is 19.1. The summed E-state index contributed by atoms with van der Waals surface area (Å²) in [7, 11) is 1.60. The summed E-state index contributed by atoms with van der Waals surface area (Å²) in [6, 6.07) is 9.04. The van der Waals surface area contributed by atoms with Gasteiger partial charge in [-0.15, -0.1) is 0 Å². The molecule has 0 spiro atoms. The highest BCUT2D eigenvalue weighted by atomic mass is 35.5. The minimum atomic E-state index is -0.423. The van der Waals surface area contributed by atoms with Gasteiger partial charge < -0.3 is 19.5 Å². The molecule has 33 heavy (non-hydrogen) atoms. The summed E-state index contributed by atoms with van der Waals surface area (Å²) >= 11 is 6.03. The topological polar surface area (TPSA) is 68.7 Å². The number of hydrogen-bond donors (Lipinski definition) is 1. The minimum Gasteiger partial charge on any atom is -0.493 e. The van der Waals surface area contributed by atoms with Gasteiger partial charge >= 0.3 is 0 Å². The number of benzene rings is 2. The van der Waals surface area contributed by atoms with Crippen molar-refractivity contribution in [2.24, 2.45) is 0 Å². The molecule has 2 aliphatic heterocycles. The first-order valence-electron chi connectivity index (χ1n) is 11.1. The van der Waals surface area contributed by atoms with Crippen LogP contribution in [0.2, 0.25) is 5.02 Å². The number of hydrogen-bond acceptors (Lipinski definition) is 7. The fourth-order valence-corrected chi connectivity index (χ4v) is 4.84. The summed E-state index contributed by atoms with van der Waals surface area (Å²) < 4.78 is 31.5. The Kier molecular flexibility index (Phi) is 6.48. The highest BCUT2D eigenvalue weighted by molar-refractivity contribution is 6.30. The van der Waals surface area contributed by atoms with Crippen LogP contribution in [0.25, 0.3) is 10.9 Å². The zero-order valence-electron chi connectivity index (χ0n) is 18.4. The van der Waals surface area contributed by atoms with Gasteiger partial charge in [0, 0.05) is 35.1 Å². The van der Waals surface area contributed by atoms with Crippen molar-refractivity contribution in [1.82, 2.24) is 14.9 Å². The van der Waals surface area contributed by atoms with Crippen molar-refractivity contribution in [1.29, 1.82) is 0 Å². The van der Waals surface area contributed by atoms with Crippen LogP contribution in [0.3, 0.4) is 0 Å². The molecule has 174 valence electrons. The van der Waals surface area contributed by atoms with Gasteiger partial charge in [-0.2, -0.15) is 0 Å². The second kappa shape index (κ2) is 9.67. The Hall–Kier alpha value is -2.68. The van der Waals surface area contributed by atoms with Crippen molar-refractivity contribution < 1.29 is 18.6 Å². The first-order valence-corrected chi connectivity index (χ1v) is 11.5. The molecule has 1 aromatic heterocycles. The lowest BCUT2D eigenvalue weighted by Crippen LogP contribution is -2.46. The zero-order chi connectivity index (χ0) is 22.8. The molecule has 9 heteroatoms. The average molecular weight is 473 g/mol. The summed E-state index contributed by atoms with van der Waals surface area (Å²) in [6.45, 7) is 3.20. The second-order valence-corrected chi connectivity index (χ2v) is 8.79. The lowest BCUT2D eigenvalue weighted by Gasteiger charge is -2.34. The number of morpholine rings is 1. The van der Waals surface area contributed by atoms with Crippen molar-refractivity contribution in [2.75, 3.05) is 38.8 Å². The maximum atomic E-state index is 14.3. The molecule has 3 aromatic rings. The van der Waals surface area contributed by atoms with Crippen molar-refractivity contribution in [3.05, 3.63) is 47.5 Å². The molecule has 0 aliphatic carbocycles. The molecule has 3 heterocycles. The molecule has 0 amide bonds. The van der Waals surface area contributed by atoms with Crippen LogP contribution in [0.4, 0.5) is 15.9 Å². The van der Waals surface area contributed by atoms with E-state index in [1.54, 1.807) is 13.2 Å². The largest absolute Gasteiger partial charge is 0.493 e. The molecular weight excluding hydrogens is 447 g/mol. The second-order valence-electron chi connectivity index (χ2n) is 8.35. The van der Waals surface area contributed by atoms with Crippen LogP contribution in [-0.4, -0.2) is 60.4 Å². The first-order chi connectivity index (χ1) is 16.1. The number of fused-ring (bicyclic) bond motifs is 3. The Labute approximate surface area is 196 Å². The fraction of sp³-hybridized carbons (Fsp3) is 0.417. The average Bonchev–Trinajstić information content (AvgIpc) is 3.04. The molecule has 2 saturated heterocycles. The van der Waals surface area contributed by atoms with Gasteiger partial charge in [-0.3, -0.25) is 4.90 Å². The smallest absolute Gasteiger partial charge is 0.162 e. The molecule has 5 rings (SSSR count). The Morgan fingerprint density at radius 1 is 1.15 bits per heavy atom. The predicted molar refractivity (Wildman–Crippen MR) is 125 cm³/mol. The summed E-state index contributed by atoms with van der Waals surface area (Å²) in [6.07, 6.45) is 4.75. The van der Waals surface area contributed by atoms with E-state index in [9.17, 15) is 4.39 Å². The highest BCUT2D eigenvalue weighted by Crippen LogP contribution is 2.35. The Morgan fingerprint density at radius 2 is 1.97 bits per heavy atom. The summed E-state index contributed by atoms with van der Waals surface area (Å²) in [5.74, 6) is 1.22. The van der Waals surface area contributed by atoms with E-state index >= 15 is 0 Å². The molecule has 2 atom stereocenters. The van der Waals surface area contributed by atoms with Gasteiger partial charge in [0.15, 0.2) is 11.5 Å². The minimum absolute atomic E-state index is 0.237. The number of aromatic nitrogens is 2. The molecule has 0 radical (unpaired) electrons. The number of halogens is 2. The van der Waals surface area contributed by atoms with Crippen LogP contribution >= 0.6 is 11.6 Å². The third-order valence-electron chi connectivity index (χ3n) is 6.31. The maximum Gasteiger partial charge on any atom is 0.162 e. The van der Waals surface area contributed by atoms with Crippen LogP contribution in [0, 0.1) is 5.82 Å². The lowest BCUT2D eigenvalue weighted by molar-refractivity contribution is -0.0160. The molecule has 7 nitrogen and oxygen atoms in total. The molecule has 2 unspecified atom stereocenters. The van der Waals surface area contributed by atoms with Crippen LogP contribution in [0.1, 0.15) is 19.3 Å². The maximum absolute atomic E-state index is 14.3. The van der Waals surface area contributed by atoms with Gasteiger partial charge in [0.05, 0.1) is 38.1 Å². The molecule has 2 aromatic carbocycles. The molecular formula is C24H26ClFN4O3. The van der Waals surface area contributed by atoms with Crippen LogP contribution < -0.4 is 14.8 Å². The summed E-state index contributed by atoms with van der Waals surface area (Å²) in [4.78, 5) is 11.2. The standard InChI is InChI=1S/C24H26ClFN4O3/c1-31-22-11-20-18(24(28-14-27-20)29-21-9-15(25)3-6-19(21)26)10-23(22)33-8-2-7-30-16-4-5-17(30)13-32-12-16/h3,6,9-11,14,16-17H,2,4-5,7-8,12-13H2,1H3,(H,27,28,29). The summed E-state index contributed by atoms with van der Waals surface area (Å²) in [5, 5.41) is 4.14. The molecule has 0 saturated carbocycles. The van der Waals surface area contributed by atoms with Gasteiger partial charge in [0.2, 0.25) is 0 Å². The van der Waals surface area contributed by atoms with E-state index in [0.717, 1.165) is 26.2 Å². The lowest BCUT2D eigenvalue weighted by atomic mass is 10.2. The third-order valence-corrected chi connectivity index (χ3v) is 6.55. The molecule has 1 N–H and O–H groups in total. The quantitative estimate of drug-likeness (QED) is 0.472. The third kappa shape index (κ3) is 4.69. The predicted octanol–water partition coefficient (Wildman–Crippen LogP) is 4.81. The van der Waals surface area contributed by atoms with Crippen molar-refractivity contribution >= 4 is 34.0 Å². The van der Waals surface area contributed by atoms with E-state index in [0.29, 0.717) is 51.9 Å². The number of nitrogens with one attached hydrogen (secondary N) is 1. The van der Waals surface area contributed by atoms with Crippen LogP contribution in [0.15, 0.2) is 36.7 Å². The van der Waals surface area contributed by atoms with Crippen molar-refractivity contribution in [3.8, 4) is 11.5 Å². The Bertz CT molecular complexity index is 1130. The number of anilines is 2. The van der Waals surface area contributed by atoms with Gasteiger partial charge in [-0.1, -0.05) is 11.6 Å². The normalized spacial score (nSPS) is 20.2. The Morgan fingerprint density at radius 3 is 2.76 bits per heavy atom. The molecule has 2 fully saturated rings. The molecule has 2 bridgehead atoms. The number of nitrogens with zero attached hydrogens (tertiary/aromatic N) is 3. The summed E-state index contributed by atoms with van der Waals surface area (Å²) in [5.41, 5.74) is 0.893. The van der Waals surface area contributed by atoms with Crippen molar-refractivity contribution in [3.63, 3.8) is 0 Å². The van der Waals surface area contributed by atoms with E-state index in [2.05, 4.69) is 20.2 Å². The number of methoxy groups -OCH3 is 1. The number of ether oxygens (including phenoxy) is 3.